The third kappa shape index (κ3) is 13.0. The van der Waals surface area contributed by atoms with Gasteiger partial charge in [0, 0.05) is 38.4 Å². The highest BCUT2D eigenvalue weighted by Gasteiger charge is 2.62. The molecule has 4 aliphatic carbocycles. The lowest BCUT2D eigenvalue weighted by Crippen LogP contribution is -2.62. The molecule has 22 nitrogen and oxygen atoms in total. The Morgan fingerprint density at radius 1 is 0.812 bits per heavy atom. The van der Waals surface area contributed by atoms with Crippen LogP contribution >= 0.6 is 0 Å². The van der Waals surface area contributed by atoms with Crippen molar-refractivity contribution in [2.75, 3.05) is 52.6 Å². The Morgan fingerprint density at radius 3 is 2.12 bits per heavy atom. The number of aromatic hydroxyl groups is 1. The van der Waals surface area contributed by atoms with Crippen molar-refractivity contribution in [1.29, 1.82) is 0 Å². The van der Waals surface area contributed by atoms with Crippen molar-refractivity contribution in [3.05, 3.63) is 52.6 Å². The number of aliphatic hydroxyl groups is 3. The van der Waals surface area contributed by atoms with Crippen LogP contribution in [0.3, 0.4) is 0 Å². The zero-order valence-electron chi connectivity index (χ0n) is 47.0. The van der Waals surface area contributed by atoms with Gasteiger partial charge in [-0.25, -0.2) is 4.79 Å². The van der Waals surface area contributed by atoms with E-state index in [-0.39, 0.29) is 86.6 Å². The van der Waals surface area contributed by atoms with Crippen molar-refractivity contribution in [2.24, 2.45) is 46.5 Å². The third-order valence-electron chi connectivity index (χ3n) is 19.1. The number of unbranched alkanes of at least 4 members (excludes halogenated alkanes) is 1. The molecule has 0 radical (unpaired) electrons. The number of benzene rings is 1. The van der Waals surface area contributed by atoms with Crippen LogP contribution in [0.1, 0.15) is 117 Å². The Bertz CT molecular complexity index is 2510. The number of fused-ring (bicyclic) bond motifs is 6. The summed E-state index contributed by atoms with van der Waals surface area (Å²) in [6.07, 6.45) is 9.20. The van der Waals surface area contributed by atoms with Crippen LogP contribution in [-0.4, -0.2) is 178 Å². The van der Waals surface area contributed by atoms with Gasteiger partial charge in [-0.3, -0.25) is 28.8 Å². The Labute approximate surface area is 468 Å². The maximum absolute atomic E-state index is 15.4. The van der Waals surface area contributed by atoms with Crippen LogP contribution in [0.2, 0.25) is 0 Å². The number of carbonyl (C=O) groups is 7. The van der Waals surface area contributed by atoms with Crippen LogP contribution in [0.25, 0.3) is 0 Å². The van der Waals surface area contributed by atoms with E-state index in [9.17, 15) is 49.2 Å². The van der Waals surface area contributed by atoms with Crippen LogP contribution < -0.4 is 38.1 Å². The van der Waals surface area contributed by atoms with Crippen molar-refractivity contribution < 1.29 is 63.5 Å². The number of phenols is 1. The molecule has 3 heterocycles. The average Bonchev–Trinajstić information content (AvgIpc) is 4.10. The monoisotopic (exact) mass is 1120 g/mol. The van der Waals surface area contributed by atoms with Crippen LogP contribution in [0.4, 0.5) is 4.79 Å². The summed E-state index contributed by atoms with van der Waals surface area (Å²) in [4.78, 5) is 100. The molecule has 13 N–H and O–H groups in total. The van der Waals surface area contributed by atoms with E-state index < -0.39 is 90.5 Å². The van der Waals surface area contributed by atoms with Gasteiger partial charge in [0.25, 0.3) is 0 Å². The number of allylic oxidation sites excluding steroid dienone is 2. The molecule has 2 saturated carbocycles. The molecule has 1 aromatic carbocycles. The second-order valence-corrected chi connectivity index (χ2v) is 24.1. The summed E-state index contributed by atoms with van der Waals surface area (Å²) in [6.45, 7) is 8.88. The molecule has 0 bridgehead atoms. The number of ether oxygens (including phenoxy) is 2. The number of morpholine rings is 1. The van der Waals surface area contributed by atoms with Gasteiger partial charge in [0.15, 0.2) is 0 Å². The fraction of sp³-hybridized carbons (Fsp3) is 0.707. The number of urea groups is 1. The van der Waals surface area contributed by atoms with Gasteiger partial charge in [-0.05, 0) is 143 Å². The normalized spacial score (nSPS) is 30.7. The number of rotatable bonds is 21. The molecule has 1 spiro atoms. The maximum atomic E-state index is 15.4. The summed E-state index contributed by atoms with van der Waals surface area (Å²) < 4.78 is 12.6. The minimum atomic E-state index is -1.64. The topological polar surface area (TPSA) is 338 Å². The summed E-state index contributed by atoms with van der Waals surface area (Å²) in [5, 5.41) is 54.1. The second kappa shape index (κ2) is 26.1. The number of hydrogen-bond donors (Lipinski definition) is 11. The smallest absolute Gasteiger partial charge is 0.318 e. The summed E-state index contributed by atoms with van der Waals surface area (Å²) in [5.41, 5.74) is 15.6. The summed E-state index contributed by atoms with van der Waals surface area (Å²) in [5.74, 6) is -3.29. The predicted octanol–water partition coefficient (Wildman–Crippen LogP) is 0.918. The third-order valence-corrected chi connectivity index (χ3v) is 19.1. The molecule has 1 aromatic rings. The van der Waals surface area contributed by atoms with E-state index >= 15 is 4.79 Å². The number of aliphatic hydroxyl groups excluding tert-OH is 3. The lowest BCUT2D eigenvalue weighted by Gasteiger charge is -2.49. The fourth-order valence-corrected chi connectivity index (χ4v) is 14.6. The molecular weight excluding hydrogens is 1030 g/mol. The standard InChI is InChI=1S/C58H87N9O13/c1-32-25-48-50(34(3)58(80-48)19-17-39-40-13-10-36-27-38(71)16-18-57(36,4)42(40)28-41(39)33(58)2)67(29-32)55(77)44(14-15-49(60)72)62-52(74)45(26-35-8-11-37(70)12-9-35)63-51(73)43(7-5-6-20-59)61-53(75)46(30-68)64-54(76)47(31-69)65-56(78)66-21-23-79-24-22-66/h8-12,32,34,38-40,42-48,50,68-71H,5-7,13-31,59H2,1-4H3,(H2,60,72)(H,61,75)(H,62,74)(H,63,73)(H,64,76)(H,65,78)/t32?,34-,38?,39?,40?,42?,43+,44+,45+,46+,47+,48-,50?,57?,58+/m1/s1. The van der Waals surface area contributed by atoms with Crippen LogP contribution in [0.5, 0.6) is 5.75 Å². The Kier molecular flexibility index (Phi) is 19.7. The highest BCUT2D eigenvalue weighted by Crippen LogP contribution is 2.65. The second-order valence-electron chi connectivity index (χ2n) is 24.1. The first-order valence-electron chi connectivity index (χ1n) is 29.1. The highest BCUT2D eigenvalue weighted by molar-refractivity contribution is 5.96. The number of nitrogens with two attached hydrogens (primary N) is 2. The minimum absolute atomic E-state index is 0.0148. The van der Waals surface area contributed by atoms with Crippen LogP contribution in [0, 0.1) is 35.0 Å². The number of nitrogens with one attached hydrogen (secondary N) is 5. The SMILES string of the molecule is CC1=C2CC3C(CC=C4CC(O)CCC43C)C2CC[C@]12O[C@@H]1CC(C)CN(C(=O)[C@H](CCC(N)=O)NC(=O)[C@H](Cc3ccc(O)cc3)NC(=O)[C@H](CCCCN)NC(=O)[C@H](CO)NC(=O)[C@H](CO)NC(=O)N3CCOCC3)C1[C@H]2C. The summed E-state index contributed by atoms with van der Waals surface area (Å²) >= 11 is 0. The Morgan fingerprint density at radius 2 is 1.45 bits per heavy atom. The number of likely N-dealkylation sites (tertiary alicyclic amines) is 1. The first kappa shape index (κ1) is 60.4. The van der Waals surface area contributed by atoms with Crippen molar-refractivity contribution in [3.8, 4) is 5.75 Å². The number of nitrogens with zero attached hydrogens (tertiary/aromatic N) is 2. The van der Waals surface area contributed by atoms with Gasteiger partial charge >= 0.3 is 6.03 Å². The van der Waals surface area contributed by atoms with Gasteiger partial charge in [-0.1, -0.05) is 50.1 Å². The van der Waals surface area contributed by atoms with Gasteiger partial charge in [0.05, 0.1) is 50.3 Å². The zero-order chi connectivity index (χ0) is 57.6. The van der Waals surface area contributed by atoms with Crippen LogP contribution in [0.15, 0.2) is 47.1 Å². The van der Waals surface area contributed by atoms with Crippen molar-refractivity contribution in [2.45, 2.75) is 172 Å². The molecule has 7 unspecified atom stereocenters. The van der Waals surface area contributed by atoms with Crippen molar-refractivity contribution >= 4 is 41.5 Å². The maximum Gasteiger partial charge on any atom is 0.318 e. The quantitative estimate of drug-likeness (QED) is 0.0603. The lowest BCUT2D eigenvalue weighted by atomic mass is 9.56. The predicted molar refractivity (Wildman–Crippen MR) is 293 cm³/mol. The van der Waals surface area contributed by atoms with E-state index in [1.165, 1.54) is 33.8 Å². The number of carbonyl (C=O) groups excluding carboxylic acids is 7. The van der Waals surface area contributed by atoms with E-state index in [0.29, 0.717) is 55.9 Å². The summed E-state index contributed by atoms with van der Waals surface area (Å²) in [6, 6.07) is -2.14. The molecule has 7 aliphatic rings. The molecule has 3 saturated heterocycles. The Hall–Kier alpha value is -5.65. The molecule has 8 rings (SSSR count). The van der Waals surface area contributed by atoms with E-state index in [1.54, 1.807) is 12.1 Å². The van der Waals surface area contributed by atoms with E-state index in [0.717, 1.165) is 51.4 Å². The van der Waals surface area contributed by atoms with Crippen molar-refractivity contribution in [1.82, 2.24) is 36.4 Å². The van der Waals surface area contributed by atoms with E-state index in [2.05, 4.69) is 60.4 Å². The summed E-state index contributed by atoms with van der Waals surface area (Å²) in [7, 11) is 0. The van der Waals surface area contributed by atoms with Crippen LogP contribution in [-0.2, 0) is 44.7 Å². The first-order valence-corrected chi connectivity index (χ1v) is 29.1. The highest BCUT2D eigenvalue weighted by atomic mass is 16.5. The molecule has 80 heavy (non-hydrogen) atoms. The number of primary amides is 1. The molecule has 15 atom stereocenters. The molecule has 22 heteroatoms. The zero-order valence-corrected chi connectivity index (χ0v) is 47.0. The lowest BCUT2D eigenvalue weighted by molar-refractivity contribution is -0.144. The Balaban J connectivity index is 1.00. The first-order chi connectivity index (χ1) is 38.2. The van der Waals surface area contributed by atoms with E-state index in [1.807, 2.05) is 4.90 Å². The molecule has 5 fully saturated rings. The molecule has 3 aliphatic heterocycles. The fourth-order valence-electron chi connectivity index (χ4n) is 14.6. The minimum Gasteiger partial charge on any atom is -0.508 e. The molecule has 442 valence electrons. The molecule has 8 amide bonds. The van der Waals surface area contributed by atoms with Gasteiger partial charge in [-0.2, -0.15) is 0 Å². The van der Waals surface area contributed by atoms with Gasteiger partial charge in [0.1, 0.15) is 36.0 Å². The number of piperidine rings is 1. The molecule has 0 aromatic heterocycles. The number of amides is 8. The van der Waals surface area contributed by atoms with Crippen molar-refractivity contribution in [3.63, 3.8) is 0 Å². The average molecular weight is 1120 g/mol. The largest absolute Gasteiger partial charge is 0.508 e. The van der Waals surface area contributed by atoms with Gasteiger partial charge in [0.2, 0.25) is 35.4 Å². The number of phenolic OH excluding ortho intramolecular Hbond substituents is 1. The van der Waals surface area contributed by atoms with Gasteiger partial charge in [-0.15, -0.1) is 0 Å². The van der Waals surface area contributed by atoms with Gasteiger partial charge < -0.3 is 77.8 Å². The van der Waals surface area contributed by atoms with E-state index in [4.69, 9.17) is 20.9 Å². The number of hydrogen-bond acceptors (Lipinski definition) is 14. The molecular formula is C58H87N9O13.